The first-order valence-corrected chi connectivity index (χ1v) is 4.13. The Bertz CT molecular complexity index is 424. The van der Waals surface area contributed by atoms with Crippen molar-refractivity contribution in [3.05, 3.63) is 40.7 Å². The predicted octanol–water partition coefficient (Wildman–Crippen LogP) is 0.601. The van der Waals surface area contributed by atoms with Gasteiger partial charge in [0, 0.05) is 24.5 Å². The first-order chi connectivity index (χ1) is 7.18. The van der Waals surface area contributed by atoms with Gasteiger partial charge in [-0.15, -0.1) is 0 Å². The normalized spacial score (nSPS) is 13.5. The average Bonchev–Trinajstić information content (AvgIpc) is 2.69. The van der Waals surface area contributed by atoms with Crippen LogP contribution in [0.5, 0.6) is 5.75 Å². The minimum Gasteiger partial charge on any atom is -0.502 e. The van der Waals surface area contributed by atoms with Crippen molar-refractivity contribution in [2.24, 2.45) is 0 Å². The molecule has 0 fully saturated rings. The van der Waals surface area contributed by atoms with Crippen molar-refractivity contribution in [1.82, 2.24) is 10.9 Å². The van der Waals surface area contributed by atoms with Gasteiger partial charge in [-0.25, -0.2) is 0 Å². The molecular weight excluding hydrogens is 200 g/mol. The Hall–Kier alpha value is -2.44. The second-order valence-electron chi connectivity index (χ2n) is 2.86. The molecular formula is C8H8N4O3. The van der Waals surface area contributed by atoms with E-state index in [0.717, 1.165) is 0 Å². The number of nitro benzene ring substituents is 1. The molecule has 7 heteroatoms. The SMILES string of the molecule is O=[N+]([O-])c1ccc(N2NC=CN2)cc1O. The minimum absolute atomic E-state index is 0.314. The highest BCUT2D eigenvalue weighted by Crippen LogP contribution is 2.29. The summed E-state index contributed by atoms with van der Waals surface area (Å²) in [5.41, 5.74) is 5.88. The maximum absolute atomic E-state index is 10.4. The van der Waals surface area contributed by atoms with Crippen LogP contribution in [0.4, 0.5) is 11.4 Å². The quantitative estimate of drug-likeness (QED) is 0.487. The summed E-state index contributed by atoms with van der Waals surface area (Å²) in [6, 6.07) is 4.06. The highest BCUT2D eigenvalue weighted by atomic mass is 16.6. The topological polar surface area (TPSA) is 90.7 Å². The summed E-state index contributed by atoms with van der Waals surface area (Å²) in [5.74, 6) is -0.368. The average molecular weight is 208 g/mol. The van der Waals surface area contributed by atoms with E-state index >= 15 is 0 Å². The summed E-state index contributed by atoms with van der Waals surface area (Å²) in [4.78, 5) is 9.81. The first-order valence-electron chi connectivity index (χ1n) is 4.13. The van der Waals surface area contributed by atoms with Crippen LogP contribution < -0.4 is 16.0 Å². The van der Waals surface area contributed by atoms with Gasteiger partial charge in [0.05, 0.1) is 10.6 Å². The standard InChI is InChI=1S/C8H8N4O3/c13-8-5-6(11-9-3-4-10-11)1-2-7(8)12(14)15/h1-5,9-10,13H. The van der Waals surface area contributed by atoms with Crippen LogP contribution in [0.15, 0.2) is 30.6 Å². The number of anilines is 1. The van der Waals surface area contributed by atoms with Crippen molar-refractivity contribution in [3.63, 3.8) is 0 Å². The fraction of sp³-hybridized carbons (Fsp3) is 0. The van der Waals surface area contributed by atoms with E-state index in [4.69, 9.17) is 0 Å². The van der Waals surface area contributed by atoms with E-state index in [-0.39, 0.29) is 11.4 Å². The van der Waals surface area contributed by atoms with Crippen LogP contribution in [-0.4, -0.2) is 10.0 Å². The molecule has 0 aromatic heterocycles. The van der Waals surface area contributed by atoms with Crippen LogP contribution in [0.1, 0.15) is 0 Å². The molecule has 0 spiro atoms. The van der Waals surface area contributed by atoms with Gasteiger partial charge in [0.15, 0.2) is 5.75 Å². The van der Waals surface area contributed by atoms with Crippen molar-refractivity contribution in [1.29, 1.82) is 0 Å². The highest BCUT2D eigenvalue weighted by molar-refractivity contribution is 5.58. The van der Waals surface area contributed by atoms with Crippen LogP contribution in [0.25, 0.3) is 0 Å². The van der Waals surface area contributed by atoms with Gasteiger partial charge in [-0.05, 0) is 6.07 Å². The van der Waals surface area contributed by atoms with Crippen LogP contribution in [0.2, 0.25) is 0 Å². The number of aromatic hydroxyl groups is 1. The van der Waals surface area contributed by atoms with Crippen LogP contribution in [0, 0.1) is 10.1 Å². The zero-order chi connectivity index (χ0) is 10.8. The number of hydrogen-bond acceptors (Lipinski definition) is 6. The third-order valence-corrected chi connectivity index (χ3v) is 1.90. The molecule has 0 saturated carbocycles. The number of hydrazine groups is 2. The molecule has 0 bridgehead atoms. The predicted molar refractivity (Wildman–Crippen MR) is 52.7 cm³/mol. The minimum atomic E-state index is -0.637. The zero-order valence-electron chi connectivity index (χ0n) is 7.54. The summed E-state index contributed by atoms with van der Waals surface area (Å²) in [5, 5.41) is 21.3. The second-order valence-corrected chi connectivity index (χ2v) is 2.86. The zero-order valence-corrected chi connectivity index (χ0v) is 7.54. The van der Waals surface area contributed by atoms with Crippen LogP contribution in [0.3, 0.4) is 0 Å². The van der Waals surface area contributed by atoms with Crippen molar-refractivity contribution in [2.45, 2.75) is 0 Å². The molecule has 2 rings (SSSR count). The van der Waals surface area contributed by atoms with Crippen molar-refractivity contribution in [3.8, 4) is 5.75 Å². The fourth-order valence-electron chi connectivity index (χ4n) is 1.22. The molecule has 0 unspecified atom stereocenters. The molecule has 0 aliphatic carbocycles. The molecule has 1 aliphatic rings. The summed E-state index contributed by atoms with van der Waals surface area (Å²) >= 11 is 0. The van der Waals surface area contributed by atoms with Gasteiger partial charge in [0.2, 0.25) is 0 Å². The van der Waals surface area contributed by atoms with Gasteiger partial charge in [-0.3, -0.25) is 21.0 Å². The Kier molecular flexibility index (Phi) is 2.05. The van der Waals surface area contributed by atoms with Crippen molar-refractivity contribution in [2.75, 3.05) is 5.12 Å². The van der Waals surface area contributed by atoms with E-state index in [0.29, 0.717) is 5.69 Å². The Morgan fingerprint density at radius 1 is 1.33 bits per heavy atom. The maximum atomic E-state index is 10.4. The van der Waals surface area contributed by atoms with Gasteiger partial charge < -0.3 is 5.11 Å². The van der Waals surface area contributed by atoms with Crippen LogP contribution >= 0.6 is 0 Å². The molecule has 78 valence electrons. The molecule has 1 aliphatic heterocycles. The molecule has 1 heterocycles. The van der Waals surface area contributed by atoms with Gasteiger partial charge in [-0.2, -0.15) is 5.12 Å². The van der Waals surface area contributed by atoms with Gasteiger partial charge in [-0.1, -0.05) is 0 Å². The Labute approximate surface area is 84.7 Å². The number of phenolic OH excluding ortho intramolecular Hbond substituents is 1. The summed E-state index contributed by atoms with van der Waals surface area (Å²) in [6.07, 6.45) is 3.30. The largest absolute Gasteiger partial charge is 0.502 e. The molecule has 15 heavy (non-hydrogen) atoms. The smallest absolute Gasteiger partial charge is 0.310 e. The number of phenols is 1. The number of benzene rings is 1. The van der Waals surface area contributed by atoms with Crippen molar-refractivity contribution < 1.29 is 10.0 Å². The number of nitrogens with zero attached hydrogens (tertiary/aromatic N) is 2. The van der Waals surface area contributed by atoms with Gasteiger partial charge >= 0.3 is 5.69 Å². The summed E-state index contributed by atoms with van der Waals surface area (Å²) in [6.45, 7) is 0. The number of hydrogen-bond donors (Lipinski definition) is 3. The fourth-order valence-corrected chi connectivity index (χ4v) is 1.22. The molecule has 1 aromatic carbocycles. The summed E-state index contributed by atoms with van der Waals surface area (Å²) < 4.78 is 0. The number of nitrogens with one attached hydrogen (secondary N) is 2. The number of nitro groups is 1. The Morgan fingerprint density at radius 3 is 2.53 bits per heavy atom. The lowest BCUT2D eigenvalue weighted by Gasteiger charge is -2.18. The Morgan fingerprint density at radius 2 is 2.00 bits per heavy atom. The van der Waals surface area contributed by atoms with E-state index in [1.807, 2.05) is 0 Å². The lowest BCUT2D eigenvalue weighted by Crippen LogP contribution is -2.37. The van der Waals surface area contributed by atoms with E-state index in [1.54, 1.807) is 12.4 Å². The molecule has 0 saturated heterocycles. The Balaban J connectivity index is 2.29. The molecule has 0 radical (unpaired) electrons. The third-order valence-electron chi connectivity index (χ3n) is 1.90. The second kappa shape index (κ2) is 3.37. The van der Waals surface area contributed by atoms with Crippen molar-refractivity contribution >= 4 is 11.4 Å². The van der Waals surface area contributed by atoms with Crippen LogP contribution in [-0.2, 0) is 0 Å². The molecule has 1 aromatic rings. The van der Waals surface area contributed by atoms with E-state index in [1.165, 1.54) is 23.3 Å². The van der Waals surface area contributed by atoms with E-state index in [2.05, 4.69) is 10.9 Å². The first kappa shape index (κ1) is 9.13. The molecule has 0 atom stereocenters. The maximum Gasteiger partial charge on any atom is 0.310 e. The molecule has 0 amide bonds. The third kappa shape index (κ3) is 1.62. The van der Waals surface area contributed by atoms with Gasteiger partial charge in [0.25, 0.3) is 0 Å². The van der Waals surface area contributed by atoms with Gasteiger partial charge in [0.1, 0.15) is 0 Å². The molecule has 3 N–H and O–H groups in total. The lowest BCUT2D eigenvalue weighted by atomic mass is 10.2. The number of rotatable bonds is 2. The highest BCUT2D eigenvalue weighted by Gasteiger charge is 2.15. The van der Waals surface area contributed by atoms with E-state index < -0.39 is 4.92 Å². The molecule has 7 nitrogen and oxygen atoms in total. The summed E-state index contributed by atoms with van der Waals surface area (Å²) in [7, 11) is 0. The van der Waals surface area contributed by atoms with E-state index in [9.17, 15) is 15.2 Å². The monoisotopic (exact) mass is 208 g/mol. The lowest BCUT2D eigenvalue weighted by molar-refractivity contribution is -0.385.